The minimum Gasteiger partial charge on any atom is -0.465 e. The molecule has 2 aromatic heterocycles. The summed E-state index contributed by atoms with van der Waals surface area (Å²) in [5, 5.41) is 14.6. The van der Waals surface area contributed by atoms with Crippen LogP contribution < -0.4 is 5.32 Å². The highest BCUT2D eigenvalue weighted by atomic mass is 16.6. The third-order valence-corrected chi connectivity index (χ3v) is 3.38. The van der Waals surface area contributed by atoms with Gasteiger partial charge in [-0.15, -0.1) is 0 Å². The Balaban J connectivity index is 1.96. The molecule has 1 aromatic carbocycles. The lowest BCUT2D eigenvalue weighted by molar-refractivity contribution is -0.384. The van der Waals surface area contributed by atoms with Crippen LogP contribution in [0.2, 0.25) is 0 Å². The standard InChI is InChI=1S/C16H12N4O4/c1-24-16(21)10-2-5-15(18-9-10)19-14-6-7-17-13-4-3-11(20(22)23)8-12(13)14/h2-9H,1H3,(H,17,18,19). The lowest BCUT2D eigenvalue weighted by Crippen LogP contribution is -2.02. The summed E-state index contributed by atoms with van der Waals surface area (Å²) in [5.74, 6) is 0.0145. The first-order valence-electron chi connectivity index (χ1n) is 6.93. The van der Waals surface area contributed by atoms with Gasteiger partial charge in [-0.3, -0.25) is 15.1 Å². The first kappa shape index (κ1) is 15.3. The number of rotatable bonds is 4. The number of methoxy groups -OCH3 is 1. The Kier molecular flexibility index (Phi) is 4.02. The van der Waals surface area contributed by atoms with Crippen LogP contribution in [0.25, 0.3) is 10.9 Å². The quantitative estimate of drug-likeness (QED) is 0.446. The zero-order valence-electron chi connectivity index (χ0n) is 12.6. The number of esters is 1. The molecule has 3 aromatic rings. The number of carbonyl (C=O) groups excluding carboxylic acids is 1. The molecule has 120 valence electrons. The van der Waals surface area contributed by atoms with Gasteiger partial charge in [-0.25, -0.2) is 9.78 Å². The van der Waals surface area contributed by atoms with Gasteiger partial charge in [0.25, 0.3) is 5.69 Å². The van der Waals surface area contributed by atoms with Crippen LogP contribution in [-0.4, -0.2) is 28.0 Å². The first-order chi connectivity index (χ1) is 11.6. The summed E-state index contributed by atoms with van der Waals surface area (Å²) in [4.78, 5) is 30.2. The van der Waals surface area contributed by atoms with E-state index < -0.39 is 10.9 Å². The van der Waals surface area contributed by atoms with Crippen molar-refractivity contribution in [3.63, 3.8) is 0 Å². The molecular weight excluding hydrogens is 312 g/mol. The minimum absolute atomic E-state index is 0.0208. The van der Waals surface area contributed by atoms with Gasteiger partial charge < -0.3 is 10.1 Å². The van der Waals surface area contributed by atoms with Crippen LogP contribution >= 0.6 is 0 Å². The number of fused-ring (bicyclic) bond motifs is 1. The number of ether oxygens (including phenoxy) is 1. The summed E-state index contributed by atoms with van der Waals surface area (Å²) in [6.45, 7) is 0. The molecule has 3 rings (SSSR count). The fraction of sp³-hybridized carbons (Fsp3) is 0.0625. The number of nitro benzene ring substituents is 1. The largest absolute Gasteiger partial charge is 0.465 e. The highest BCUT2D eigenvalue weighted by Crippen LogP contribution is 2.27. The smallest absolute Gasteiger partial charge is 0.339 e. The number of aromatic nitrogens is 2. The number of anilines is 2. The molecular formula is C16H12N4O4. The van der Waals surface area contributed by atoms with Crippen molar-refractivity contribution in [2.45, 2.75) is 0 Å². The maximum atomic E-state index is 11.4. The summed E-state index contributed by atoms with van der Waals surface area (Å²) in [6, 6.07) is 9.34. The Bertz CT molecular complexity index is 925. The first-order valence-corrected chi connectivity index (χ1v) is 6.93. The number of nitrogens with one attached hydrogen (secondary N) is 1. The lowest BCUT2D eigenvalue weighted by Gasteiger charge is -2.09. The van der Waals surface area contributed by atoms with Crippen LogP contribution in [0.5, 0.6) is 0 Å². The number of benzene rings is 1. The van der Waals surface area contributed by atoms with Crippen LogP contribution in [0.4, 0.5) is 17.2 Å². The molecule has 0 aliphatic heterocycles. The second kappa shape index (κ2) is 6.29. The van der Waals surface area contributed by atoms with E-state index in [-0.39, 0.29) is 5.69 Å². The maximum Gasteiger partial charge on any atom is 0.339 e. The van der Waals surface area contributed by atoms with E-state index in [9.17, 15) is 14.9 Å². The number of pyridine rings is 2. The van der Waals surface area contributed by atoms with E-state index in [1.165, 1.54) is 25.4 Å². The van der Waals surface area contributed by atoms with Gasteiger partial charge in [0.05, 0.1) is 28.8 Å². The van der Waals surface area contributed by atoms with Crippen molar-refractivity contribution in [1.82, 2.24) is 9.97 Å². The molecule has 0 fully saturated rings. The van der Waals surface area contributed by atoms with Gasteiger partial charge in [-0.1, -0.05) is 0 Å². The van der Waals surface area contributed by atoms with E-state index in [1.54, 1.807) is 30.5 Å². The number of nitro groups is 1. The number of nitrogens with zero attached hydrogens (tertiary/aromatic N) is 3. The average molecular weight is 324 g/mol. The molecule has 0 aliphatic carbocycles. The molecule has 8 nitrogen and oxygen atoms in total. The summed E-state index contributed by atoms with van der Waals surface area (Å²) < 4.78 is 4.62. The third-order valence-electron chi connectivity index (χ3n) is 3.38. The molecule has 0 saturated carbocycles. The van der Waals surface area contributed by atoms with Gasteiger partial charge in [-0.2, -0.15) is 0 Å². The Labute approximate surface area is 136 Å². The second-order valence-corrected chi connectivity index (χ2v) is 4.87. The van der Waals surface area contributed by atoms with E-state index in [4.69, 9.17) is 0 Å². The van der Waals surface area contributed by atoms with Crippen LogP contribution in [0.1, 0.15) is 10.4 Å². The van der Waals surface area contributed by atoms with Gasteiger partial charge in [0, 0.05) is 29.9 Å². The molecule has 0 unspecified atom stereocenters. The predicted octanol–water partition coefficient (Wildman–Crippen LogP) is 3.07. The van der Waals surface area contributed by atoms with E-state index in [0.717, 1.165) is 0 Å². The zero-order valence-corrected chi connectivity index (χ0v) is 12.6. The van der Waals surface area contributed by atoms with Gasteiger partial charge in [0.15, 0.2) is 0 Å². The zero-order chi connectivity index (χ0) is 17.1. The molecule has 0 atom stereocenters. The van der Waals surface area contributed by atoms with E-state index >= 15 is 0 Å². The Hall–Kier alpha value is -3.55. The Morgan fingerprint density at radius 2 is 2.04 bits per heavy atom. The molecule has 1 N–H and O–H groups in total. The number of carbonyl (C=O) groups is 1. The van der Waals surface area contributed by atoms with Crippen LogP contribution in [-0.2, 0) is 4.74 Å². The van der Waals surface area contributed by atoms with E-state index in [0.29, 0.717) is 28.0 Å². The van der Waals surface area contributed by atoms with Crippen molar-refractivity contribution < 1.29 is 14.5 Å². The van der Waals surface area contributed by atoms with Gasteiger partial charge in [0.2, 0.25) is 0 Å². The molecule has 8 heteroatoms. The van der Waals surface area contributed by atoms with Crippen molar-refractivity contribution >= 4 is 34.1 Å². The molecule has 2 heterocycles. The molecule has 0 bridgehead atoms. The normalized spacial score (nSPS) is 10.4. The molecule has 0 aliphatic rings. The summed E-state index contributed by atoms with van der Waals surface area (Å²) in [5.41, 5.74) is 1.56. The highest BCUT2D eigenvalue weighted by Gasteiger charge is 2.11. The number of hydrogen-bond donors (Lipinski definition) is 1. The van der Waals surface area contributed by atoms with E-state index in [2.05, 4.69) is 20.0 Å². The summed E-state index contributed by atoms with van der Waals surface area (Å²) in [7, 11) is 1.30. The maximum absolute atomic E-state index is 11.4. The highest BCUT2D eigenvalue weighted by molar-refractivity contribution is 5.94. The average Bonchev–Trinajstić information content (AvgIpc) is 2.61. The van der Waals surface area contributed by atoms with Crippen molar-refractivity contribution in [1.29, 1.82) is 0 Å². The van der Waals surface area contributed by atoms with Crippen molar-refractivity contribution in [2.75, 3.05) is 12.4 Å². The van der Waals surface area contributed by atoms with E-state index in [1.807, 2.05) is 0 Å². The van der Waals surface area contributed by atoms with Crippen molar-refractivity contribution in [3.8, 4) is 0 Å². The van der Waals surface area contributed by atoms with Crippen LogP contribution in [0.15, 0.2) is 48.8 Å². The summed E-state index contributed by atoms with van der Waals surface area (Å²) >= 11 is 0. The minimum atomic E-state index is -0.473. The topological polar surface area (TPSA) is 107 Å². The van der Waals surface area contributed by atoms with Crippen molar-refractivity contribution in [2.24, 2.45) is 0 Å². The third kappa shape index (κ3) is 2.98. The number of hydrogen-bond acceptors (Lipinski definition) is 7. The molecule has 0 spiro atoms. The predicted molar refractivity (Wildman–Crippen MR) is 87.3 cm³/mol. The molecule has 0 saturated heterocycles. The summed E-state index contributed by atoms with van der Waals surface area (Å²) in [6.07, 6.45) is 2.99. The molecule has 24 heavy (non-hydrogen) atoms. The van der Waals surface area contributed by atoms with Crippen molar-refractivity contribution in [3.05, 3.63) is 64.5 Å². The fourth-order valence-electron chi connectivity index (χ4n) is 2.20. The van der Waals surface area contributed by atoms with Gasteiger partial charge in [0.1, 0.15) is 5.82 Å². The monoisotopic (exact) mass is 324 g/mol. The lowest BCUT2D eigenvalue weighted by atomic mass is 10.1. The molecule has 0 radical (unpaired) electrons. The SMILES string of the molecule is COC(=O)c1ccc(Nc2ccnc3ccc([N+](=O)[O-])cc23)nc1. The fourth-order valence-corrected chi connectivity index (χ4v) is 2.20. The van der Waals surface area contributed by atoms with Crippen LogP contribution in [0.3, 0.4) is 0 Å². The Morgan fingerprint density at radius 1 is 1.21 bits per heavy atom. The molecule has 0 amide bonds. The van der Waals surface area contributed by atoms with Gasteiger partial charge in [-0.05, 0) is 24.3 Å². The van der Waals surface area contributed by atoms with Gasteiger partial charge >= 0.3 is 5.97 Å². The Morgan fingerprint density at radius 3 is 2.71 bits per heavy atom. The number of non-ortho nitro benzene ring substituents is 1. The van der Waals surface area contributed by atoms with Crippen LogP contribution in [0, 0.1) is 10.1 Å². The second-order valence-electron chi connectivity index (χ2n) is 4.87.